The summed E-state index contributed by atoms with van der Waals surface area (Å²) in [6.45, 7) is 7.25. The second-order valence-corrected chi connectivity index (χ2v) is 8.99. The summed E-state index contributed by atoms with van der Waals surface area (Å²) in [6.07, 6.45) is 3.07. The molecule has 3 saturated heterocycles. The lowest BCUT2D eigenvalue weighted by Gasteiger charge is -2.45. The Kier molecular flexibility index (Phi) is 5.19. The first-order valence-corrected chi connectivity index (χ1v) is 11.1. The highest BCUT2D eigenvalue weighted by molar-refractivity contribution is 5.65. The first kappa shape index (κ1) is 20.1. The van der Waals surface area contributed by atoms with Crippen LogP contribution >= 0.6 is 0 Å². The van der Waals surface area contributed by atoms with Gasteiger partial charge in [-0.25, -0.2) is 9.50 Å². The minimum absolute atomic E-state index is 0.210. The van der Waals surface area contributed by atoms with Crippen LogP contribution in [0.4, 0.5) is 5.82 Å². The zero-order valence-electron chi connectivity index (χ0n) is 17.5. The lowest BCUT2D eigenvalue weighted by atomic mass is 9.84. The SMILES string of the molecule is CCN1CCC2(CCCN2C[C@H]2O[C@@H](c3ccc4c(N)ncnn34)[C@H](O)[C@@H]2O)CC1. The molecular formula is C21H32N6O3. The molecule has 0 radical (unpaired) electrons. The normalized spacial score (nSPS) is 32.5. The lowest BCUT2D eigenvalue weighted by molar-refractivity contribution is -0.0382. The summed E-state index contributed by atoms with van der Waals surface area (Å²) >= 11 is 0. The average Bonchev–Trinajstić information content (AvgIpc) is 3.43. The number of aliphatic hydroxyl groups excluding tert-OH is 2. The van der Waals surface area contributed by atoms with E-state index < -0.39 is 24.4 Å². The number of nitrogen functional groups attached to an aromatic ring is 1. The molecule has 1 spiro atoms. The van der Waals surface area contributed by atoms with Crippen molar-refractivity contribution in [2.24, 2.45) is 0 Å². The molecule has 0 aliphatic carbocycles. The van der Waals surface area contributed by atoms with Crippen LogP contribution in [-0.4, -0.2) is 91.2 Å². The number of anilines is 1. The van der Waals surface area contributed by atoms with Gasteiger partial charge in [-0.2, -0.15) is 5.10 Å². The summed E-state index contributed by atoms with van der Waals surface area (Å²) in [7, 11) is 0. The Balaban J connectivity index is 1.33. The van der Waals surface area contributed by atoms with Gasteiger partial charge in [0.25, 0.3) is 0 Å². The molecule has 0 bridgehead atoms. The van der Waals surface area contributed by atoms with Gasteiger partial charge in [0.1, 0.15) is 30.2 Å². The Morgan fingerprint density at radius 2 is 1.97 bits per heavy atom. The molecule has 30 heavy (non-hydrogen) atoms. The third-order valence-electron chi connectivity index (χ3n) is 7.54. The van der Waals surface area contributed by atoms with Gasteiger partial charge in [-0.3, -0.25) is 4.90 Å². The number of ether oxygens (including phenoxy) is 1. The zero-order chi connectivity index (χ0) is 20.9. The largest absolute Gasteiger partial charge is 0.388 e. The molecule has 4 N–H and O–H groups in total. The number of rotatable bonds is 4. The van der Waals surface area contributed by atoms with Gasteiger partial charge in [0.05, 0.1) is 11.8 Å². The molecule has 9 nitrogen and oxygen atoms in total. The van der Waals surface area contributed by atoms with Crippen molar-refractivity contribution in [3.63, 3.8) is 0 Å². The van der Waals surface area contributed by atoms with E-state index in [2.05, 4.69) is 26.8 Å². The van der Waals surface area contributed by atoms with Gasteiger partial charge in [0, 0.05) is 12.1 Å². The molecule has 3 fully saturated rings. The number of likely N-dealkylation sites (tertiary alicyclic amines) is 2. The second-order valence-electron chi connectivity index (χ2n) is 8.99. The Morgan fingerprint density at radius 3 is 2.73 bits per heavy atom. The van der Waals surface area contributed by atoms with E-state index in [1.54, 1.807) is 4.52 Å². The van der Waals surface area contributed by atoms with Crippen LogP contribution in [0.5, 0.6) is 0 Å². The smallest absolute Gasteiger partial charge is 0.151 e. The van der Waals surface area contributed by atoms with Crippen molar-refractivity contribution in [1.82, 2.24) is 24.4 Å². The fourth-order valence-electron chi connectivity index (χ4n) is 5.68. The van der Waals surface area contributed by atoms with Crippen LogP contribution < -0.4 is 5.73 Å². The van der Waals surface area contributed by atoms with E-state index >= 15 is 0 Å². The van der Waals surface area contributed by atoms with Gasteiger partial charge in [0.15, 0.2) is 5.82 Å². The van der Waals surface area contributed by atoms with Crippen LogP contribution in [0.3, 0.4) is 0 Å². The highest BCUT2D eigenvalue weighted by Gasteiger charge is 2.49. The molecule has 0 unspecified atom stereocenters. The monoisotopic (exact) mass is 416 g/mol. The topological polar surface area (TPSA) is 112 Å². The van der Waals surface area contributed by atoms with Crippen LogP contribution in [-0.2, 0) is 4.74 Å². The van der Waals surface area contributed by atoms with Crippen molar-refractivity contribution in [2.45, 2.75) is 62.6 Å². The fourth-order valence-corrected chi connectivity index (χ4v) is 5.68. The number of nitrogens with zero attached hydrogens (tertiary/aromatic N) is 5. The summed E-state index contributed by atoms with van der Waals surface area (Å²) in [5.41, 5.74) is 7.49. The predicted molar refractivity (Wildman–Crippen MR) is 112 cm³/mol. The molecule has 164 valence electrons. The van der Waals surface area contributed by atoms with E-state index in [9.17, 15) is 10.2 Å². The van der Waals surface area contributed by atoms with Gasteiger partial charge in [-0.1, -0.05) is 6.92 Å². The van der Waals surface area contributed by atoms with E-state index in [0.29, 0.717) is 23.6 Å². The van der Waals surface area contributed by atoms with E-state index in [1.807, 2.05) is 12.1 Å². The minimum atomic E-state index is -1.01. The Bertz CT molecular complexity index is 896. The van der Waals surface area contributed by atoms with Gasteiger partial charge < -0.3 is 25.6 Å². The summed E-state index contributed by atoms with van der Waals surface area (Å²) in [6, 6.07) is 3.65. The summed E-state index contributed by atoms with van der Waals surface area (Å²) in [4.78, 5) is 9.03. The maximum atomic E-state index is 10.8. The Labute approximate surface area is 176 Å². The van der Waals surface area contributed by atoms with Crippen molar-refractivity contribution in [3.8, 4) is 0 Å². The van der Waals surface area contributed by atoms with E-state index in [1.165, 1.54) is 19.2 Å². The average molecular weight is 417 g/mol. The summed E-state index contributed by atoms with van der Waals surface area (Å²) in [5, 5.41) is 25.8. The number of nitrogens with two attached hydrogens (primary N) is 1. The molecule has 5 rings (SSSR count). The second kappa shape index (κ2) is 7.72. The summed E-state index contributed by atoms with van der Waals surface area (Å²) in [5.74, 6) is 0.373. The highest BCUT2D eigenvalue weighted by atomic mass is 16.5. The van der Waals surface area contributed by atoms with Crippen LogP contribution in [0.1, 0.15) is 44.4 Å². The molecule has 3 aliphatic rings. The van der Waals surface area contributed by atoms with Gasteiger partial charge in [-0.15, -0.1) is 0 Å². The van der Waals surface area contributed by atoms with Crippen LogP contribution in [0, 0.1) is 0 Å². The van der Waals surface area contributed by atoms with Gasteiger partial charge in [0.2, 0.25) is 0 Å². The zero-order valence-corrected chi connectivity index (χ0v) is 17.5. The van der Waals surface area contributed by atoms with E-state index in [-0.39, 0.29) is 5.54 Å². The third kappa shape index (κ3) is 3.20. The molecule has 0 saturated carbocycles. The Morgan fingerprint density at radius 1 is 1.17 bits per heavy atom. The van der Waals surface area contributed by atoms with Crippen LogP contribution in [0.2, 0.25) is 0 Å². The standard InChI is InChI=1S/C21H32N6O3/c1-2-25-10-7-21(8-11-25)6-3-9-26(21)12-16-17(28)18(29)19(30-16)14-4-5-15-20(22)23-13-24-27(14)15/h4-5,13,16-19,28-29H,2-3,6-12H2,1H3,(H2,22,23,24)/t16-,17-,18-,19+/m1/s1. The van der Waals surface area contributed by atoms with Crippen LogP contribution in [0.25, 0.3) is 5.52 Å². The van der Waals surface area contributed by atoms with Gasteiger partial charge in [-0.05, 0) is 64.0 Å². The maximum absolute atomic E-state index is 10.8. The minimum Gasteiger partial charge on any atom is -0.388 e. The van der Waals surface area contributed by atoms with Crippen molar-refractivity contribution in [1.29, 1.82) is 0 Å². The number of aromatic nitrogens is 3. The fraction of sp³-hybridized carbons (Fsp3) is 0.714. The number of hydrogen-bond acceptors (Lipinski definition) is 8. The molecule has 9 heteroatoms. The third-order valence-corrected chi connectivity index (χ3v) is 7.54. The quantitative estimate of drug-likeness (QED) is 0.658. The number of hydrogen-bond donors (Lipinski definition) is 3. The molecule has 3 aliphatic heterocycles. The number of piperidine rings is 1. The summed E-state index contributed by atoms with van der Waals surface area (Å²) < 4.78 is 7.88. The molecule has 0 amide bonds. The maximum Gasteiger partial charge on any atom is 0.151 e. The lowest BCUT2D eigenvalue weighted by Crippen LogP contribution is -2.54. The van der Waals surface area contributed by atoms with Crippen molar-refractivity contribution in [2.75, 3.05) is 38.5 Å². The van der Waals surface area contributed by atoms with Gasteiger partial charge >= 0.3 is 0 Å². The molecular weight excluding hydrogens is 384 g/mol. The molecule has 0 aromatic carbocycles. The molecule has 4 atom stereocenters. The number of fused-ring (bicyclic) bond motifs is 1. The molecule has 2 aromatic heterocycles. The number of aliphatic hydroxyl groups is 2. The first-order chi connectivity index (χ1) is 14.5. The van der Waals surface area contributed by atoms with E-state index in [4.69, 9.17) is 10.5 Å². The van der Waals surface area contributed by atoms with Crippen molar-refractivity contribution in [3.05, 3.63) is 24.2 Å². The van der Waals surface area contributed by atoms with Crippen molar-refractivity contribution >= 4 is 11.3 Å². The highest BCUT2D eigenvalue weighted by Crippen LogP contribution is 2.41. The van der Waals surface area contributed by atoms with E-state index in [0.717, 1.165) is 39.0 Å². The van der Waals surface area contributed by atoms with Crippen molar-refractivity contribution < 1.29 is 14.9 Å². The van der Waals surface area contributed by atoms with Crippen LogP contribution in [0.15, 0.2) is 18.5 Å². The molecule has 5 heterocycles. The molecule has 2 aromatic rings. The Hall–Kier alpha value is -1.78. The predicted octanol–water partition coefficient (Wildman–Crippen LogP) is 0.424. The first-order valence-electron chi connectivity index (χ1n) is 11.1.